The van der Waals surface area contributed by atoms with Crippen LogP contribution in [-0.4, -0.2) is 31.9 Å². The van der Waals surface area contributed by atoms with Gasteiger partial charge in [-0.15, -0.1) is 0 Å². The fraction of sp³-hybridized carbons (Fsp3) is 0. The lowest BCUT2D eigenvalue weighted by Crippen LogP contribution is -2.47. The molecule has 0 saturated carbocycles. The molecule has 2 aromatic heterocycles. The zero-order valence-electron chi connectivity index (χ0n) is 18.5. The Balaban J connectivity index is 1.43. The fourth-order valence-electron chi connectivity index (χ4n) is 5.07. The number of halogens is 1. The minimum atomic E-state index is -0.461. The van der Waals surface area contributed by atoms with E-state index in [1.54, 1.807) is 24.3 Å². The Morgan fingerprint density at radius 3 is 1.78 bits per heavy atom. The second kappa shape index (κ2) is 7.55. The highest BCUT2D eigenvalue weighted by molar-refractivity contribution is 7.80. The standard InChI is InChI=1S/C27H16ClN5O2S/c28-13-9-11-14(12-10-13)29-27(36)32-33-25(34)21-19-15-5-1-3-7-17(15)30-23(19)24-20(22(21)26(33)35)16-6-2-4-8-18(16)31-24/h1-12,30-31H,(H2,29,32,36). The van der Waals surface area contributed by atoms with E-state index in [4.69, 9.17) is 23.8 Å². The molecule has 9 heteroatoms. The van der Waals surface area contributed by atoms with Crippen molar-refractivity contribution in [3.05, 3.63) is 88.9 Å². The molecule has 174 valence electrons. The first-order valence-corrected chi connectivity index (χ1v) is 12.0. The zero-order chi connectivity index (χ0) is 24.6. The van der Waals surface area contributed by atoms with Crippen molar-refractivity contribution in [2.45, 2.75) is 0 Å². The SMILES string of the molecule is O=C1c2c(c3c4ccccc4[nH]c3c3[nH]c4ccccc4c23)C(=O)N1NC(=S)Nc1ccc(Cl)cc1. The molecule has 0 aliphatic carbocycles. The van der Waals surface area contributed by atoms with Gasteiger partial charge in [0, 0.05) is 43.3 Å². The average molecular weight is 510 g/mol. The van der Waals surface area contributed by atoms with Crippen LogP contribution in [0.1, 0.15) is 20.7 Å². The van der Waals surface area contributed by atoms with Gasteiger partial charge in [0.15, 0.2) is 5.11 Å². The van der Waals surface area contributed by atoms with Crippen LogP contribution in [0.4, 0.5) is 5.69 Å². The number of hydrogen-bond acceptors (Lipinski definition) is 3. The van der Waals surface area contributed by atoms with E-state index in [0.717, 1.165) is 37.8 Å². The number of aromatic nitrogens is 2. The maximum atomic E-state index is 13.8. The Labute approximate surface area is 214 Å². The first-order chi connectivity index (χ1) is 17.5. The van der Waals surface area contributed by atoms with E-state index in [0.29, 0.717) is 32.6 Å². The van der Waals surface area contributed by atoms with Crippen molar-refractivity contribution < 1.29 is 9.59 Å². The number of thiocarbonyl (C=S) groups is 1. The minimum absolute atomic E-state index is 0.108. The van der Waals surface area contributed by atoms with Crippen LogP contribution in [0, 0.1) is 0 Å². The number of hydrogen-bond donors (Lipinski definition) is 4. The number of imide groups is 1. The Hall–Kier alpha value is -4.40. The largest absolute Gasteiger partial charge is 0.353 e. The lowest BCUT2D eigenvalue weighted by atomic mass is 9.97. The monoisotopic (exact) mass is 509 g/mol. The number of anilines is 1. The number of nitrogens with zero attached hydrogens (tertiary/aromatic N) is 1. The number of benzene rings is 4. The number of amides is 2. The van der Waals surface area contributed by atoms with Crippen molar-refractivity contribution in [3.63, 3.8) is 0 Å². The highest BCUT2D eigenvalue weighted by Crippen LogP contribution is 2.43. The van der Waals surface area contributed by atoms with E-state index in [1.165, 1.54) is 0 Å². The molecule has 0 fully saturated rings. The maximum absolute atomic E-state index is 13.8. The molecule has 0 unspecified atom stereocenters. The van der Waals surface area contributed by atoms with E-state index in [2.05, 4.69) is 20.7 Å². The normalized spacial score (nSPS) is 13.3. The van der Waals surface area contributed by atoms with Gasteiger partial charge < -0.3 is 15.3 Å². The Morgan fingerprint density at radius 2 is 1.25 bits per heavy atom. The van der Waals surface area contributed by atoms with E-state index in [9.17, 15) is 9.59 Å². The van der Waals surface area contributed by atoms with Crippen molar-refractivity contribution >= 4 is 90.0 Å². The predicted molar refractivity (Wildman–Crippen MR) is 146 cm³/mol. The van der Waals surface area contributed by atoms with Crippen LogP contribution in [0.5, 0.6) is 0 Å². The Kier molecular flexibility index (Phi) is 4.39. The fourth-order valence-corrected chi connectivity index (χ4v) is 5.40. The Bertz CT molecular complexity index is 1810. The topological polar surface area (TPSA) is 93.0 Å². The molecule has 7 nitrogen and oxygen atoms in total. The van der Waals surface area contributed by atoms with Crippen molar-refractivity contribution in [1.29, 1.82) is 0 Å². The van der Waals surface area contributed by atoms with Gasteiger partial charge in [0.1, 0.15) is 0 Å². The molecular formula is C27H16ClN5O2S. The third-order valence-corrected chi connectivity index (χ3v) is 7.01. The van der Waals surface area contributed by atoms with Gasteiger partial charge in [-0.05, 0) is 48.6 Å². The van der Waals surface area contributed by atoms with Gasteiger partial charge in [-0.2, -0.15) is 5.01 Å². The van der Waals surface area contributed by atoms with Crippen molar-refractivity contribution in [3.8, 4) is 0 Å². The van der Waals surface area contributed by atoms with Crippen LogP contribution < -0.4 is 10.7 Å². The number of hydrazine groups is 1. The van der Waals surface area contributed by atoms with Gasteiger partial charge in [-0.3, -0.25) is 15.0 Å². The number of aromatic amines is 2. The first-order valence-electron chi connectivity index (χ1n) is 11.2. The van der Waals surface area contributed by atoms with Gasteiger partial charge in [-0.1, -0.05) is 48.0 Å². The summed E-state index contributed by atoms with van der Waals surface area (Å²) in [5, 5.41) is 7.83. The van der Waals surface area contributed by atoms with E-state index >= 15 is 0 Å². The van der Waals surface area contributed by atoms with Gasteiger partial charge in [0.05, 0.1) is 22.2 Å². The molecule has 0 saturated heterocycles. The molecule has 36 heavy (non-hydrogen) atoms. The van der Waals surface area contributed by atoms with Crippen LogP contribution in [0.15, 0.2) is 72.8 Å². The third-order valence-electron chi connectivity index (χ3n) is 6.56. The molecular weight excluding hydrogens is 494 g/mol. The lowest BCUT2D eigenvalue weighted by molar-refractivity contribution is 0.0614. The molecule has 7 rings (SSSR count). The van der Waals surface area contributed by atoms with Gasteiger partial charge in [0.25, 0.3) is 11.8 Å². The van der Waals surface area contributed by atoms with E-state index < -0.39 is 11.8 Å². The number of fused-ring (bicyclic) bond motifs is 10. The third kappa shape index (κ3) is 2.89. The summed E-state index contributed by atoms with van der Waals surface area (Å²) >= 11 is 11.4. The van der Waals surface area contributed by atoms with Crippen LogP contribution in [0.25, 0.3) is 43.6 Å². The molecule has 4 aromatic carbocycles. The summed E-state index contributed by atoms with van der Waals surface area (Å²) in [6.45, 7) is 0. The Morgan fingerprint density at radius 1 is 0.750 bits per heavy atom. The summed E-state index contributed by atoms with van der Waals surface area (Å²) in [6, 6.07) is 22.5. The van der Waals surface area contributed by atoms with Crippen LogP contribution in [-0.2, 0) is 0 Å². The summed E-state index contributed by atoms with van der Waals surface area (Å²) in [4.78, 5) is 34.5. The predicted octanol–water partition coefficient (Wildman–Crippen LogP) is 6.11. The highest BCUT2D eigenvalue weighted by atomic mass is 35.5. The number of carbonyl (C=O) groups excluding carboxylic acids is 2. The number of H-pyrrole nitrogens is 2. The van der Waals surface area contributed by atoms with Gasteiger partial charge >= 0.3 is 0 Å². The molecule has 4 N–H and O–H groups in total. The summed E-state index contributed by atoms with van der Waals surface area (Å²) < 4.78 is 0. The zero-order valence-corrected chi connectivity index (χ0v) is 20.1. The molecule has 0 spiro atoms. The van der Waals surface area contributed by atoms with E-state index in [1.807, 2.05) is 48.5 Å². The number of nitrogens with one attached hydrogen (secondary N) is 4. The smallest absolute Gasteiger partial charge is 0.281 e. The van der Waals surface area contributed by atoms with Crippen LogP contribution >= 0.6 is 23.8 Å². The van der Waals surface area contributed by atoms with Crippen molar-refractivity contribution in [2.24, 2.45) is 0 Å². The second-order valence-electron chi connectivity index (χ2n) is 8.61. The van der Waals surface area contributed by atoms with Crippen molar-refractivity contribution in [1.82, 2.24) is 20.4 Å². The van der Waals surface area contributed by atoms with E-state index in [-0.39, 0.29) is 5.11 Å². The van der Waals surface area contributed by atoms with Gasteiger partial charge in [-0.25, -0.2) is 0 Å². The molecule has 3 heterocycles. The number of rotatable bonds is 2. The summed E-state index contributed by atoms with van der Waals surface area (Å²) in [5.41, 5.74) is 7.51. The summed E-state index contributed by atoms with van der Waals surface area (Å²) in [5.74, 6) is -0.922. The molecule has 1 aliphatic rings. The molecule has 1 aliphatic heterocycles. The maximum Gasteiger partial charge on any atom is 0.281 e. The van der Waals surface area contributed by atoms with Crippen molar-refractivity contribution in [2.75, 3.05) is 5.32 Å². The van der Waals surface area contributed by atoms with Crippen LogP contribution in [0.3, 0.4) is 0 Å². The van der Waals surface area contributed by atoms with Crippen LogP contribution in [0.2, 0.25) is 5.02 Å². The first kappa shape index (κ1) is 20.9. The summed E-state index contributed by atoms with van der Waals surface area (Å²) in [7, 11) is 0. The lowest BCUT2D eigenvalue weighted by Gasteiger charge is -2.18. The molecule has 6 aromatic rings. The number of carbonyl (C=O) groups is 2. The average Bonchev–Trinajstić information content (AvgIpc) is 3.52. The number of para-hydroxylation sites is 2. The molecule has 2 amide bonds. The highest BCUT2D eigenvalue weighted by Gasteiger charge is 2.41. The molecule has 0 radical (unpaired) electrons. The second-order valence-corrected chi connectivity index (χ2v) is 9.45. The summed E-state index contributed by atoms with van der Waals surface area (Å²) in [6.07, 6.45) is 0. The molecule has 0 atom stereocenters. The minimum Gasteiger partial charge on any atom is -0.353 e. The molecule has 0 bridgehead atoms. The van der Waals surface area contributed by atoms with Gasteiger partial charge in [0.2, 0.25) is 0 Å². The quantitative estimate of drug-likeness (QED) is 0.167.